The van der Waals surface area contributed by atoms with Gasteiger partial charge in [0.05, 0.1) is 11.3 Å². The smallest absolute Gasteiger partial charge is 0.141 e. The Kier molecular flexibility index (Phi) is 4.10. The number of allylic oxidation sites excluding steroid dienone is 5. The van der Waals surface area contributed by atoms with Crippen LogP contribution >= 0.6 is 0 Å². The predicted molar refractivity (Wildman–Crippen MR) is 59.6 cm³/mol. The zero-order chi connectivity index (χ0) is 12.0. The van der Waals surface area contributed by atoms with E-state index < -0.39 is 5.83 Å². The molecule has 3 nitrogen and oxygen atoms in total. The van der Waals surface area contributed by atoms with Crippen molar-refractivity contribution in [3.8, 4) is 6.07 Å². The zero-order valence-electron chi connectivity index (χ0n) is 8.81. The summed E-state index contributed by atoms with van der Waals surface area (Å²) in [5, 5.41) is 8.89. The zero-order valence-corrected chi connectivity index (χ0v) is 8.81. The van der Waals surface area contributed by atoms with E-state index in [9.17, 15) is 4.39 Å². The lowest BCUT2D eigenvalue weighted by atomic mass is 10.1. The lowest BCUT2D eigenvalue weighted by Crippen LogP contribution is -1.91. The molecule has 0 spiro atoms. The normalized spacial score (nSPS) is 12.7. The van der Waals surface area contributed by atoms with Crippen molar-refractivity contribution in [3.05, 3.63) is 54.4 Å². The van der Waals surface area contributed by atoms with Gasteiger partial charge in [0, 0.05) is 6.20 Å². The molecule has 0 saturated carbocycles. The average molecular weight is 215 g/mol. The first-order valence-corrected chi connectivity index (χ1v) is 4.56. The van der Waals surface area contributed by atoms with Gasteiger partial charge in [0.15, 0.2) is 0 Å². The maximum absolute atomic E-state index is 13.5. The van der Waals surface area contributed by atoms with E-state index in [1.807, 2.05) is 6.07 Å². The molecule has 0 unspecified atom stereocenters. The van der Waals surface area contributed by atoms with Gasteiger partial charge >= 0.3 is 0 Å². The molecular formula is C12H10FN3. The molecule has 0 N–H and O–H groups in total. The summed E-state index contributed by atoms with van der Waals surface area (Å²) in [5.74, 6) is -0.617. The highest BCUT2D eigenvalue weighted by Crippen LogP contribution is 2.21. The summed E-state index contributed by atoms with van der Waals surface area (Å²) in [6, 6.07) is 3.43. The molecule has 0 atom stereocenters. The van der Waals surface area contributed by atoms with E-state index in [1.165, 1.54) is 18.6 Å². The van der Waals surface area contributed by atoms with Crippen LogP contribution in [0.1, 0.15) is 12.6 Å². The van der Waals surface area contributed by atoms with Crippen LogP contribution < -0.4 is 0 Å². The van der Waals surface area contributed by atoms with Gasteiger partial charge in [0.25, 0.3) is 0 Å². The molecule has 1 rings (SSSR count). The van der Waals surface area contributed by atoms with Crippen LogP contribution in [-0.4, -0.2) is 9.97 Å². The lowest BCUT2D eigenvalue weighted by Gasteiger charge is -2.02. The third-order valence-corrected chi connectivity index (χ3v) is 1.96. The van der Waals surface area contributed by atoms with E-state index in [4.69, 9.17) is 5.26 Å². The second-order valence-corrected chi connectivity index (χ2v) is 2.96. The van der Waals surface area contributed by atoms with Gasteiger partial charge < -0.3 is 0 Å². The molecule has 4 heteroatoms. The van der Waals surface area contributed by atoms with E-state index in [1.54, 1.807) is 13.0 Å². The highest BCUT2D eigenvalue weighted by atomic mass is 19.1. The summed E-state index contributed by atoms with van der Waals surface area (Å²) < 4.78 is 13.5. The molecule has 0 amide bonds. The molecule has 80 valence electrons. The molecule has 16 heavy (non-hydrogen) atoms. The molecule has 1 aromatic rings. The van der Waals surface area contributed by atoms with Crippen LogP contribution in [0.5, 0.6) is 0 Å². The van der Waals surface area contributed by atoms with Gasteiger partial charge in [-0.1, -0.05) is 12.7 Å². The van der Waals surface area contributed by atoms with Crippen LogP contribution in [0.3, 0.4) is 0 Å². The van der Waals surface area contributed by atoms with Gasteiger partial charge in [-0.25, -0.2) is 14.4 Å². The topological polar surface area (TPSA) is 49.6 Å². The van der Waals surface area contributed by atoms with Gasteiger partial charge in [0.1, 0.15) is 18.2 Å². The molecular weight excluding hydrogens is 205 g/mol. The summed E-state index contributed by atoms with van der Waals surface area (Å²) in [6.07, 6.45) is 5.32. The summed E-state index contributed by atoms with van der Waals surface area (Å²) in [7, 11) is 0. The molecule has 0 bridgehead atoms. The van der Waals surface area contributed by atoms with Crippen LogP contribution in [0.15, 0.2) is 48.7 Å². The van der Waals surface area contributed by atoms with E-state index in [0.717, 1.165) is 6.08 Å². The lowest BCUT2D eigenvalue weighted by molar-refractivity contribution is 0.659. The maximum atomic E-state index is 13.5. The van der Waals surface area contributed by atoms with Gasteiger partial charge in [-0.2, -0.15) is 5.26 Å². The Morgan fingerprint density at radius 3 is 2.88 bits per heavy atom. The summed E-state index contributed by atoms with van der Waals surface area (Å²) in [6.45, 7) is 5.01. The number of hydrogen-bond acceptors (Lipinski definition) is 3. The fraction of sp³-hybridized carbons (Fsp3) is 0.0833. The van der Waals surface area contributed by atoms with Gasteiger partial charge in [0.2, 0.25) is 0 Å². The molecule has 0 radical (unpaired) electrons. The molecule has 0 fully saturated rings. The minimum atomic E-state index is -0.617. The fourth-order valence-electron chi connectivity index (χ4n) is 1.14. The van der Waals surface area contributed by atoms with Crippen molar-refractivity contribution in [3.63, 3.8) is 0 Å². The standard InChI is InChI=1S/C12H10FN3/c1-3-4-11(13)10(7-14)9(2)12-5-6-15-8-16-12/h3-6,8H,1H2,2H3. The number of nitrogens with zero attached hydrogens (tertiary/aromatic N) is 3. The maximum Gasteiger partial charge on any atom is 0.141 e. The number of nitriles is 1. The van der Waals surface area contributed by atoms with E-state index >= 15 is 0 Å². The molecule has 0 saturated heterocycles. The highest BCUT2D eigenvalue weighted by molar-refractivity contribution is 5.71. The molecule has 0 aliphatic carbocycles. The minimum Gasteiger partial charge on any atom is -0.245 e. The van der Waals surface area contributed by atoms with Crippen LogP contribution in [0.4, 0.5) is 4.39 Å². The predicted octanol–water partition coefficient (Wildman–Crippen LogP) is 2.81. The SMILES string of the molecule is C=CC=C(F)C(C#N)=C(C)c1ccncn1. The number of hydrogen-bond donors (Lipinski definition) is 0. The Balaban J connectivity index is 3.27. The highest BCUT2D eigenvalue weighted by Gasteiger charge is 2.09. The van der Waals surface area contributed by atoms with E-state index in [0.29, 0.717) is 11.3 Å². The monoisotopic (exact) mass is 215 g/mol. The number of rotatable bonds is 3. The molecule has 1 aromatic heterocycles. The Morgan fingerprint density at radius 2 is 2.38 bits per heavy atom. The van der Waals surface area contributed by atoms with Gasteiger partial charge in [-0.05, 0) is 24.6 Å². The second-order valence-electron chi connectivity index (χ2n) is 2.96. The molecule has 0 aliphatic heterocycles. The largest absolute Gasteiger partial charge is 0.245 e. The van der Waals surface area contributed by atoms with E-state index in [-0.39, 0.29) is 5.57 Å². The van der Waals surface area contributed by atoms with Crippen molar-refractivity contribution in [1.82, 2.24) is 9.97 Å². The fourth-order valence-corrected chi connectivity index (χ4v) is 1.14. The number of halogens is 1. The second kappa shape index (κ2) is 5.56. The Morgan fingerprint density at radius 1 is 1.62 bits per heavy atom. The quantitative estimate of drug-likeness (QED) is 0.575. The van der Waals surface area contributed by atoms with Crippen molar-refractivity contribution < 1.29 is 4.39 Å². The third-order valence-electron chi connectivity index (χ3n) is 1.96. The van der Waals surface area contributed by atoms with Crippen LogP contribution in [-0.2, 0) is 0 Å². The first-order chi connectivity index (χ1) is 7.70. The Bertz CT molecular complexity index is 481. The van der Waals surface area contributed by atoms with Crippen molar-refractivity contribution in [1.29, 1.82) is 5.26 Å². The van der Waals surface area contributed by atoms with Crippen LogP contribution in [0, 0.1) is 11.3 Å². The van der Waals surface area contributed by atoms with Crippen molar-refractivity contribution in [2.24, 2.45) is 0 Å². The summed E-state index contributed by atoms with van der Waals surface area (Å²) in [5.41, 5.74) is 0.957. The van der Waals surface area contributed by atoms with Gasteiger partial charge in [-0.3, -0.25) is 0 Å². The first-order valence-electron chi connectivity index (χ1n) is 4.56. The Labute approximate surface area is 93.3 Å². The average Bonchev–Trinajstić information content (AvgIpc) is 2.31. The van der Waals surface area contributed by atoms with Crippen LogP contribution in [0.2, 0.25) is 0 Å². The van der Waals surface area contributed by atoms with Crippen molar-refractivity contribution >= 4 is 5.57 Å². The molecule has 0 aliphatic rings. The summed E-state index contributed by atoms with van der Waals surface area (Å²) in [4.78, 5) is 7.70. The first kappa shape index (κ1) is 11.8. The van der Waals surface area contributed by atoms with Crippen molar-refractivity contribution in [2.75, 3.05) is 0 Å². The summed E-state index contributed by atoms with van der Waals surface area (Å²) >= 11 is 0. The minimum absolute atomic E-state index is 0.0430. The molecule has 1 heterocycles. The van der Waals surface area contributed by atoms with Gasteiger partial charge in [-0.15, -0.1) is 0 Å². The van der Waals surface area contributed by atoms with Crippen LogP contribution in [0.25, 0.3) is 5.57 Å². The third kappa shape index (κ3) is 2.61. The van der Waals surface area contributed by atoms with Crippen molar-refractivity contribution in [2.45, 2.75) is 6.92 Å². The Hall–Kier alpha value is -2.28. The van der Waals surface area contributed by atoms with E-state index in [2.05, 4.69) is 16.5 Å². The molecule has 0 aromatic carbocycles. The number of aromatic nitrogens is 2.